The van der Waals surface area contributed by atoms with Crippen molar-refractivity contribution in [3.8, 4) is 0 Å². The Balaban J connectivity index is 4.77. The lowest BCUT2D eigenvalue weighted by atomic mass is 10.1. The molecule has 61 heavy (non-hydrogen) atoms. The number of aliphatic hydroxyl groups excluding tert-OH is 3. The van der Waals surface area contributed by atoms with Gasteiger partial charge in [-0.25, -0.2) is 0 Å². The van der Waals surface area contributed by atoms with E-state index >= 15 is 0 Å². The highest BCUT2D eigenvalue weighted by molar-refractivity contribution is 7.45. The van der Waals surface area contributed by atoms with Gasteiger partial charge in [0.2, 0.25) is 0 Å². The van der Waals surface area contributed by atoms with E-state index in [1.807, 2.05) is 33.3 Å². The molecule has 0 fully saturated rings. The molecule has 0 aromatic heterocycles. The van der Waals surface area contributed by atoms with Crippen molar-refractivity contribution in [2.24, 2.45) is 0 Å². The van der Waals surface area contributed by atoms with Gasteiger partial charge < -0.3 is 43.2 Å². The number of esters is 2. The summed E-state index contributed by atoms with van der Waals surface area (Å²) in [5.41, 5.74) is 0. The molecule has 0 heterocycles. The second-order valence-corrected chi connectivity index (χ2v) is 17.7. The van der Waals surface area contributed by atoms with Crippen LogP contribution in [0.1, 0.15) is 136 Å². The van der Waals surface area contributed by atoms with E-state index in [1.54, 1.807) is 42.5 Å². The molecule has 3 N–H and O–H groups in total. The van der Waals surface area contributed by atoms with Gasteiger partial charge in [0.25, 0.3) is 7.82 Å². The van der Waals surface area contributed by atoms with Gasteiger partial charge in [-0.3, -0.25) is 14.2 Å². The maximum atomic E-state index is 12.7. The molecular formula is C48H82NO11P. The van der Waals surface area contributed by atoms with Crippen molar-refractivity contribution in [3.05, 3.63) is 85.1 Å². The average molecular weight is 880 g/mol. The fraction of sp³-hybridized carbons (Fsp3) is 0.667. The highest BCUT2D eigenvalue weighted by Crippen LogP contribution is 2.38. The fourth-order valence-corrected chi connectivity index (χ4v) is 6.25. The summed E-state index contributed by atoms with van der Waals surface area (Å²) in [5.74, 6) is -1.23. The molecule has 0 rings (SSSR count). The number of ether oxygens (including phenoxy) is 2. The van der Waals surface area contributed by atoms with Gasteiger partial charge in [-0.15, -0.1) is 0 Å². The van der Waals surface area contributed by atoms with E-state index in [1.165, 1.54) is 44.6 Å². The van der Waals surface area contributed by atoms with E-state index in [0.29, 0.717) is 23.9 Å². The van der Waals surface area contributed by atoms with Gasteiger partial charge in [-0.1, -0.05) is 150 Å². The zero-order valence-electron chi connectivity index (χ0n) is 38.2. The van der Waals surface area contributed by atoms with Crippen molar-refractivity contribution in [2.75, 3.05) is 47.5 Å². The molecular weight excluding hydrogens is 797 g/mol. The van der Waals surface area contributed by atoms with Gasteiger partial charge >= 0.3 is 11.9 Å². The molecule has 0 saturated carbocycles. The number of allylic oxidation sites excluding steroid dienone is 12. The minimum absolute atomic E-state index is 0.0752. The number of carbonyl (C=O) groups excluding carboxylic acids is 2. The summed E-state index contributed by atoms with van der Waals surface area (Å²) in [5, 5.41) is 30.5. The standard InChI is InChI=1S/C48H82NO11P/c1-6-8-10-11-12-13-14-15-16-17-18-19-20-21-22-27-31-37-48(54)60-44(42-59-61(55,56)58-40-39-49(3,4)5)41-57-47(53)38-32-36-46(52)45(51)35-30-26-24-23-25-29-34-43(50)33-28-9-7-2/h15-16,18-19,21-26,29-30,34-35,43-46,50-52H,6-14,17,20,27-28,31-33,36-42H2,1-5H3/b16-15-,19-18-,22-21-,25-23-,26-24+,34-29+,35-30+/t43-,44-,45-,46-/m1/s1. The molecule has 1 unspecified atom stereocenters. The monoisotopic (exact) mass is 880 g/mol. The van der Waals surface area contributed by atoms with Crippen LogP contribution in [-0.4, -0.2) is 104 Å². The number of nitrogens with zero attached hydrogens (tertiary/aromatic N) is 1. The molecule has 0 bridgehead atoms. The lowest BCUT2D eigenvalue weighted by molar-refractivity contribution is -0.870. The minimum Gasteiger partial charge on any atom is -0.756 e. The van der Waals surface area contributed by atoms with E-state index in [2.05, 4.69) is 38.2 Å². The number of unbranched alkanes of at least 4 members (excludes halogenated alkanes) is 9. The number of rotatable bonds is 39. The van der Waals surface area contributed by atoms with Gasteiger partial charge in [0, 0.05) is 12.8 Å². The first-order chi connectivity index (χ1) is 29.2. The fourth-order valence-electron chi connectivity index (χ4n) is 5.52. The highest BCUT2D eigenvalue weighted by atomic mass is 31.2. The molecule has 0 aliphatic carbocycles. The van der Waals surface area contributed by atoms with Crippen LogP contribution in [0.2, 0.25) is 0 Å². The Morgan fingerprint density at radius 2 is 1.20 bits per heavy atom. The third-order valence-electron chi connectivity index (χ3n) is 9.25. The zero-order valence-corrected chi connectivity index (χ0v) is 39.1. The SMILES string of the molecule is CCCCCCCC/C=C\C/C=C\C/C=C\CCCC(=O)O[C@H](COC(=O)CCC[C@@H](O)[C@H](O)/C=C/C=C/C=C\C=C\[C@H](O)CCCCC)COP(=O)([O-])OCC[N+](C)(C)C. The number of hydrogen-bond acceptors (Lipinski definition) is 11. The molecule has 0 aliphatic heterocycles. The Bertz CT molecular complexity index is 1370. The maximum absolute atomic E-state index is 12.7. The smallest absolute Gasteiger partial charge is 0.306 e. The van der Waals surface area contributed by atoms with Crippen LogP contribution < -0.4 is 4.89 Å². The van der Waals surface area contributed by atoms with Crippen LogP contribution in [0.4, 0.5) is 0 Å². The Morgan fingerprint density at radius 1 is 0.639 bits per heavy atom. The number of aliphatic hydroxyl groups is 3. The summed E-state index contributed by atoms with van der Waals surface area (Å²) in [7, 11) is 0.931. The van der Waals surface area contributed by atoms with E-state index < -0.39 is 57.4 Å². The Kier molecular flexibility index (Phi) is 36.9. The van der Waals surface area contributed by atoms with Crippen LogP contribution in [0.25, 0.3) is 0 Å². The van der Waals surface area contributed by atoms with Crippen LogP contribution in [0.3, 0.4) is 0 Å². The lowest BCUT2D eigenvalue weighted by Crippen LogP contribution is -2.37. The molecule has 0 aliphatic rings. The predicted octanol–water partition coefficient (Wildman–Crippen LogP) is 9.08. The lowest BCUT2D eigenvalue weighted by Gasteiger charge is -2.28. The summed E-state index contributed by atoms with van der Waals surface area (Å²) in [6.07, 6.45) is 38.5. The molecule has 0 aromatic rings. The van der Waals surface area contributed by atoms with Gasteiger partial charge in [0.05, 0.1) is 46.1 Å². The number of quaternary nitrogens is 1. The van der Waals surface area contributed by atoms with E-state index in [-0.39, 0.29) is 32.3 Å². The van der Waals surface area contributed by atoms with Gasteiger partial charge in [0.15, 0.2) is 6.10 Å². The van der Waals surface area contributed by atoms with Gasteiger partial charge in [-0.05, 0) is 57.8 Å². The number of phosphoric ester groups is 1. The molecule has 0 radical (unpaired) electrons. The molecule has 0 spiro atoms. The largest absolute Gasteiger partial charge is 0.756 e. The highest BCUT2D eigenvalue weighted by Gasteiger charge is 2.22. The van der Waals surface area contributed by atoms with Crippen LogP contribution in [0.5, 0.6) is 0 Å². The normalized spacial score (nSPS) is 15.9. The van der Waals surface area contributed by atoms with Crippen molar-refractivity contribution in [3.63, 3.8) is 0 Å². The van der Waals surface area contributed by atoms with E-state index in [4.69, 9.17) is 18.5 Å². The summed E-state index contributed by atoms with van der Waals surface area (Å²) in [6.45, 7) is 3.64. The Hall–Kier alpha value is -2.93. The zero-order chi connectivity index (χ0) is 45.5. The number of carbonyl (C=O) groups is 2. The maximum Gasteiger partial charge on any atom is 0.306 e. The van der Waals surface area contributed by atoms with E-state index in [0.717, 1.165) is 44.9 Å². The third-order valence-corrected chi connectivity index (χ3v) is 10.2. The second-order valence-electron chi connectivity index (χ2n) is 16.3. The summed E-state index contributed by atoms with van der Waals surface area (Å²) in [6, 6.07) is 0. The van der Waals surface area contributed by atoms with Crippen LogP contribution >= 0.6 is 7.82 Å². The third kappa shape index (κ3) is 40.9. The van der Waals surface area contributed by atoms with Crippen molar-refractivity contribution in [2.45, 2.75) is 160 Å². The average Bonchev–Trinajstić information content (AvgIpc) is 3.20. The molecule has 12 nitrogen and oxygen atoms in total. The molecule has 5 atom stereocenters. The second kappa shape index (κ2) is 38.7. The minimum atomic E-state index is -4.73. The van der Waals surface area contributed by atoms with Gasteiger partial charge in [-0.2, -0.15) is 0 Å². The quantitative estimate of drug-likeness (QED) is 0.0134. The number of likely N-dealkylation sites (N-methyl/N-ethyl adjacent to an activating group) is 1. The summed E-state index contributed by atoms with van der Waals surface area (Å²) in [4.78, 5) is 37.6. The van der Waals surface area contributed by atoms with Crippen molar-refractivity contribution < 1.29 is 57.4 Å². The number of phosphoric acid groups is 1. The first-order valence-electron chi connectivity index (χ1n) is 22.6. The van der Waals surface area contributed by atoms with Crippen LogP contribution in [0.15, 0.2) is 85.1 Å². The summed E-state index contributed by atoms with van der Waals surface area (Å²) < 4.78 is 33.6. The predicted molar refractivity (Wildman–Crippen MR) is 244 cm³/mol. The molecule has 0 saturated heterocycles. The topological polar surface area (TPSA) is 172 Å². The van der Waals surface area contributed by atoms with Gasteiger partial charge in [0.1, 0.15) is 19.8 Å². The molecule has 13 heteroatoms. The van der Waals surface area contributed by atoms with Crippen molar-refractivity contribution in [1.29, 1.82) is 0 Å². The first kappa shape index (κ1) is 58.1. The van der Waals surface area contributed by atoms with Crippen molar-refractivity contribution in [1.82, 2.24) is 0 Å². The Labute approximate surface area is 369 Å². The summed E-state index contributed by atoms with van der Waals surface area (Å²) >= 11 is 0. The van der Waals surface area contributed by atoms with Crippen molar-refractivity contribution >= 4 is 19.8 Å². The number of hydrogen-bond donors (Lipinski definition) is 3. The van der Waals surface area contributed by atoms with Crippen LogP contribution in [-0.2, 0) is 32.7 Å². The Morgan fingerprint density at radius 3 is 1.85 bits per heavy atom. The molecule has 0 amide bonds. The van der Waals surface area contributed by atoms with E-state index in [9.17, 15) is 34.4 Å². The molecule has 0 aromatic carbocycles. The van der Waals surface area contributed by atoms with Crippen LogP contribution in [0, 0.1) is 0 Å². The first-order valence-corrected chi connectivity index (χ1v) is 24.1. The molecule has 350 valence electrons.